The largest absolute Gasteiger partial charge is 0.465 e. The fourth-order valence-corrected chi connectivity index (χ4v) is 3.86. The lowest BCUT2D eigenvalue weighted by Gasteiger charge is -2.30. The van der Waals surface area contributed by atoms with Gasteiger partial charge in [-0.05, 0) is 37.3 Å². The highest BCUT2D eigenvalue weighted by atomic mass is 16.4. The first-order valence-electron chi connectivity index (χ1n) is 8.33. The van der Waals surface area contributed by atoms with E-state index in [0.717, 1.165) is 31.4 Å². The minimum atomic E-state index is -0.804. The summed E-state index contributed by atoms with van der Waals surface area (Å²) >= 11 is 0. The van der Waals surface area contributed by atoms with E-state index in [1.165, 1.54) is 21.5 Å². The van der Waals surface area contributed by atoms with Crippen molar-refractivity contribution in [2.45, 2.75) is 38.3 Å². The van der Waals surface area contributed by atoms with Gasteiger partial charge in [-0.15, -0.1) is 0 Å². The maximum atomic E-state index is 11.0. The van der Waals surface area contributed by atoms with Crippen LogP contribution in [0, 0.1) is 0 Å². The highest BCUT2D eigenvalue weighted by molar-refractivity contribution is 5.82. The number of carbonyl (C=O) groups is 1. The molecule has 2 N–H and O–H groups in total. The molecule has 0 aliphatic carbocycles. The van der Waals surface area contributed by atoms with Gasteiger partial charge in [0.2, 0.25) is 0 Å². The number of nitrogens with zero attached hydrogens (tertiary/aromatic N) is 3. The van der Waals surface area contributed by atoms with E-state index in [1.54, 1.807) is 0 Å². The van der Waals surface area contributed by atoms with E-state index in [0.29, 0.717) is 25.0 Å². The van der Waals surface area contributed by atoms with Crippen LogP contribution < -0.4 is 5.32 Å². The summed E-state index contributed by atoms with van der Waals surface area (Å²) in [6, 6.07) is 6.97. The maximum Gasteiger partial charge on any atom is 0.407 e. The van der Waals surface area contributed by atoms with E-state index < -0.39 is 6.09 Å². The smallest absolute Gasteiger partial charge is 0.407 e. The Kier molecular flexibility index (Phi) is 3.49. The first-order valence-corrected chi connectivity index (χ1v) is 8.33. The zero-order chi connectivity index (χ0) is 16.0. The molecule has 1 saturated heterocycles. The van der Waals surface area contributed by atoms with Gasteiger partial charge in [-0.3, -0.25) is 4.68 Å². The number of rotatable bonds is 1. The molecule has 2 aliphatic heterocycles. The molecule has 23 heavy (non-hydrogen) atoms. The van der Waals surface area contributed by atoms with E-state index in [-0.39, 0.29) is 0 Å². The lowest BCUT2D eigenvalue weighted by molar-refractivity contribution is 0.132. The molecular weight excluding hydrogens is 292 g/mol. The summed E-state index contributed by atoms with van der Waals surface area (Å²) in [5, 5.41) is 18.5. The lowest BCUT2D eigenvalue weighted by atomic mass is 9.89. The molecule has 3 heterocycles. The number of carboxylic acid groups (broad SMARTS) is 1. The fraction of sp³-hybridized carbons (Fsp3) is 0.529. The number of hydrogen-bond donors (Lipinski definition) is 2. The van der Waals surface area contributed by atoms with E-state index in [4.69, 9.17) is 10.2 Å². The van der Waals surface area contributed by atoms with Crippen LogP contribution in [0.3, 0.4) is 0 Å². The minimum absolute atomic E-state index is 0.383. The Bertz CT molecular complexity index is 746. The molecule has 4 rings (SSSR count). The van der Waals surface area contributed by atoms with Gasteiger partial charge in [-0.2, -0.15) is 5.10 Å². The molecule has 2 aromatic rings. The summed E-state index contributed by atoms with van der Waals surface area (Å²) in [7, 11) is 0. The Morgan fingerprint density at radius 1 is 1.35 bits per heavy atom. The summed E-state index contributed by atoms with van der Waals surface area (Å²) in [5.74, 6) is 0.435. The van der Waals surface area contributed by atoms with Crippen molar-refractivity contribution >= 4 is 17.0 Å². The van der Waals surface area contributed by atoms with Crippen LogP contribution in [0.15, 0.2) is 18.2 Å². The molecule has 0 radical (unpaired) electrons. The highest BCUT2D eigenvalue weighted by Crippen LogP contribution is 2.32. The zero-order valence-electron chi connectivity index (χ0n) is 13.3. The second-order valence-electron chi connectivity index (χ2n) is 6.69. The Morgan fingerprint density at radius 3 is 2.87 bits per heavy atom. The van der Waals surface area contributed by atoms with Crippen LogP contribution in [0.25, 0.3) is 10.9 Å². The Morgan fingerprint density at radius 2 is 2.13 bits per heavy atom. The maximum absolute atomic E-state index is 11.0. The third-order valence-electron chi connectivity index (χ3n) is 5.21. The first-order chi connectivity index (χ1) is 11.1. The summed E-state index contributed by atoms with van der Waals surface area (Å²) in [6.07, 6.45) is 0.981. The van der Waals surface area contributed by atoms with Crippen molar-refractivity contribution in [2.75, 3.05) is 19.6 Å². The van der Waals surface area contributed by atoms with E-state index in [9.17, 15) is 4.79 Å². The first kappa shape index (κ1) is 14.5. The van der Waals surface area contributed by atoms with E-state index >= 15 is 0 Å². The number of hydrogen-bond acceptors (Lipinski definition) is 3. The second kappa shape index (κ2) is 5.53. The third-order valence-corrected chi connectivity index (χ3v) is 5.21. The molecule has 1 amide bonds. The lowest BCUT2D eigenvalue weighted by Crippen LogP contribution is -2.36. The van der Waals surface area contributed by atoms with Crippen molar-refractivity contribution in [2.24, 2.45) is 0 Å². The monoisotopic (exact) mass is 314 g/mol. The van der Waals surface area contributed by atoms with Crippen molar-refractivity contribution in [1.82, 2.24) is 20.0 Å². The van der Waals surface area contributed by atoms with Gasteiger partial charge < -0.3 is 15.3 Å². The van der Waals surface area contributed by atoms with Gasteiger partial charge in [0.05, 0.1) is 17.3 Å². The molecule has 2 aliphatic rings. The molecule has 6 heteroatoms. The van der Waals surface area contributed by atoms with E-state index in [2.05, 4.69) is 35.1 Å². The molecule has 1 fully saturated rings. The SMILES string of the molecule is C[C@@H]1CNCc2c3ccc(C4CCN(C(=O)O)CC4)cc3nn21. The average Bonchev–Trinajstić information content (AvgIpc) is 2.94. The number of likely N-dealkylation sites (tertiary alicyclic amines) is 1. The second-order valence-corrected chi connectivity index (χ2v) is 6.69. The van der Waals surface area contributed by atoms with Crippen molar-refractivity contribution in [1.29, 1.82) is 0 Å². The number of aromatic nitrogens is 2. The predicted octanol–water partition coefficient (Wildman–Crippen LogP) is 2.56. The number of fused-ring (bicyclic) bond motifs is 3. The van der Waals surface area contributed by atoms with Crippen LogP contribution in [-0.2, 0) is 6.54 Å². The minimum Gasteiger partial charge on any atom is -0.465 e. The van der Waals surface area contributed by atoms with E-state index in [1.807, 2.05) is 0 Å². The zero-order valence-corrected chi connectivity index (χ0v) is 13.3. The van der Waals surface area contributed by atoms with Crippen molar-refractivity contribution in [3.63, 3.8) is 0 Å². The van der Waals surface area contributed by atoms with Crippen LogP contribution in [0.2, 0.25) is 0 Å². The normalized spacial score (nSPS) is 22.3. The van der Waals surface area contributed by atoms with Crippen molar-refractivity contribution < 1.29 is 9.90 Å². The molecule has 1 atom stereocenters. The summed E-state index contributed by atoms with van der Waals surface area (Å²) in [6.45, 7) is 5.26. The number of nitrogens with one attached hydrogen (secondary N) is 1. The van der Waals surface area contributed by atoms with Crippen molar-refractivity contribution in [3.8, 4) is 0 Å². The average molecular weight is 314 g/mol. The topological polar surface area (TPSA) is 70.4 Å². The summed E-state index contributed by atoms with van der Waals surface area (Å²) in [4.78, 5) is 12.5. The number of amides is 1. The van der Waals surface area contributed by atoms with Crippen molar-refractivity contribution in [3.05, 3.63) is 29.5 Å². The van der Waals surface area contributed by atoms with Gasteiger partial charge in [-0.1, -0.05) is 12.1 Å². The van der Waals surface area contributed by atoms with Gasteiger partial charge in [0.15, 0.2) is 0 Å². The van der Waals surface area contributed by atoms with Gasteiger partial charge in [0.1, 0.15) is 0 Å². The molecular formula is C17H22N4O2. The highest BCUT2D eigenvalue weighted by Gasteiger charge is 2.25. The third kappa shape index (κ3) is 2.47. The molecule has 0 spiro atoms. The number of piperidine rings is 1. The van der Waals surface area contributed by atoms with Gasteiger partial charge in [0.25, 0.3) is 0 Å². The quantitative estimate of drug-likeness (QED) is 0.848. The Balaban J connectivity index is 1.61. The fourth-order valence-electron chi connectivity index (χ4n) is 3.86. The van der Waals surface area contributed by atoms with Crippen LogP contribution in [-0.4, -0.2) is 45.5 Å². The van der Waals surface area contributed by atoms with Gasteiger partial charge in [0, 0.05) is 31.6 Å². The standard InChI is InChI=1S/C17H22N4O2/c1-11-9-18-10-16-14-3-2-13(8-15(14)19-21(11)16)12-4-6-20(7-5-12)17(22)23/h2-3,8,11-12,18H,4-7,9-10H2,1H3,(H,22,23)/t11-/m1/s1. The Hall–Kier alpha value is -2.08. The molecule has 0 unspecified atom stereocenters. The molecule has 1 aromatic carbocycles. The molecule has 6 nitrogen and oxygen atoms in total. The summed E-state index contributed by atoms with van der Waals surface area (Å²) in [5.41, 5.74) is 3.62. The molecule has 1 aromatic heterocycles. The van der Waals surface area contributed by atoms with Crippen LogP contribution in [0.1, 0.15) is 43.0 Å². The Labute approximate surface area is 135 Å². The van der Waals surface area contributed by atoms with Crippen LogP contribution in [0.5, 0.6) is 0 Å². The molecule has 0 saturated carbocycles. The summed E-state index contributed by atoms with van der Waals surface area (Å²) < 4.78 is 2.15. The van der Waals surface area contributed by atoms with Gasteiger partial charge in [-0.25, -0.2) is 4.79 Å². The molecule has 122 valence electrons. The van der Waals surface area contributed by atoms with Crippen LogP contribution >= 0.6 is 0 Å². The van der Waals surface area contributed by atoms with Gasteiger partial charge >= 0.3 is 6.09 Å². The molecule has 0 bridgehead atoms. The predicted molar refractivity (Wildman–Crippen MR) is 87.7 cm³/mol. The number of benzene rings is 1. The van der Waals surface area contributed by atoms with Crippen LogP contribution in [0.4, 0.5) is 4.79 Å².